The van der Waals surface area contributed by atoms with Gasteiger partial charge in [-0.15, -0.1) is 0 Å². The van der Waals surface area contributed by atoms with E-state index in [4.69, 9.17) is 0 Å². The van der Waals surface area contributed by atoms with Gasteiger partial charge < -0.3 is 14.9 Å². The molecule has 0 aliphatic carbocycles. The van der Waals surface area contributed by atoms with Crippen LogP contribution in [0.5, 0.6) is 0 Å². The van der Waals surface area contributed by atoms with E-state index in [1.807, 2.05) is 25.7 Å². The second kappa shape index (κ2) is 7.18. The zero-order valence-electron chi connectivity index (χ0n) is 14.9. The first-order valence-electron chi connectivity index (χ1n) is 8.66. The highest BCUT2D eigenvalue weighted by Crippen LogP contribution is 2.22. The Morgan fingerprint density at radius 2 is 1.74 bits per heavy atom. The van der Waals surface area contributed by atoms with Gasteiger partial charge in [0.2, 0.25) is 11.8 Å². The normalized spacial score (nSPS) is 24.8. The third-order valence-corrected chi connectivity index (χ3v) is 5.06. The first kappa shape index (κ1) is 18.2. The molecule has 1 N–H and O–H groups in total. The second-order valence-electron chi connectivity index (χ2n) is 7.88. The molecule has 2 heterocycles. The third-order valence-electron chi connectivity index (χ3n) is 5.06. The van der Waals surface area contributed by atoms with E-state index < -0.39 is 0 Å². The van der Waals surface area contributed by atoms with Crippen molar-refractivity contribution in [3.63, 3.8) is 0 Å². The molecule has 0 aromatic heterocycles. The Hall–Kier alpha value is -1.14. The largest absolute Gasteiger partial charge is 0.391 e. The van der Waals surface area contributed by atoms with Crippen LogP contribution in [0.2, 0.25) is 0 Å². The molecular formula is C17H31N3O3. The number of β-amino-alcohol motifs (C(OH)–C–C–N with tert-alkyl or cyclic N) is 1. The van der Waals surface area contributed by atoms with Gasteiger partial charge in [0.1, 0.15) is 6.04 Å². The monoisotopic (exact) mass is 325 g/mol. The van der Waals surface area contributed by atoms with Crippen LogP contribution >= 0.6 is 0 Å². The van der Waals surface area contributed by atoms with Gasteiger partial charge >= 0.3 is 0 Å². The van der Waals surface area contributed by atoms with Crippen LogP contribution in [0.25, 0.3) is 0 Å². The van der Waals surface area contributed by atoms with Gasteiger partial charge in [-0.05, 0) is 18.3 Å². The Balaban J connectivity index is 1.84. The summed E-state index contributed by atoms with van der Waals surface area (Å²) in [4.78, 5) is 30.1. The number of nitrogens with zero attached hydrogens (tertiary/aromatic N) is 3. The summed E-state index contributed by atoms with van der Waals surface area (Å²) >= 11 is 0. The highest BCUT2D eigenvalue weighted by atomic mass is 16.3. The van der Waals surface area contributed by atoms with Gasteiger partial charge in [-0.1, -0.05) is 20.8 Å². The molecule has 23 heavy (non-hydrogen) atoms. The molecular weight excluding hydrogens is 294 g/mol. The van der Waals surface area contributed by atoms with E-state index >= 15 is 0 Å². The minimum atomic E-state index is -0.368. The standard InChI is InChI=1S/C17H31N3O3/c1-13(21)20-7-5-6-14(20)16(23)19-10-8-18(9-11-19)12-15(22)17(2,3)4/h14-15,22H,5-12H2,1-4H3/t14-,15-/m1/s1. The SMILES string of the molecule is CC(=O)N1CCC[C@@H]1C(=O)N1CCN(C[C@@H](O)C(C)(C)C)CC1. The lowest BCUT2D eigenvalue weighted by molar-refractivity contribution is -0.144. The van der Waals surface area contributed by atoms with Crippen molar-refractivity contribution in [3.8, 4) is 0 Å². The average molecular weight is 325 g/mol. The van der Waals surface area contributed by atoms with Crippen molar-refractivity contribution in [3.05, 3.63) is 0 Å². The van der Waals surface area contributed by atoms with Gasteiger partial charge in [0.05, 0.1) is 6.10 Å². The Bertz CT molecular complexity index is 439. The van der Waals surface area contributed by atoms with Gasteiger partial charge in [0, 0.05) is 46.2 Å². The van der Waals surface area contributed by atoms with Gasteiger partial charge in [-0.25, -0.2) is 0 Å². The topological polar surface area (TPSA) is 64.1 Å². The van der Waals surface area contributed by atoms with Crippen LogP contribution in [0.15, 0.2) is 0 Å². The lowest BCUT2D eigenvalue weighted by Gasteiger charge is -2.39. The fraction of sp³-hybridized carbons (Fsp3) is 0.882. The minimum absolute atomic E-state index is 0.00668. The number of piperazine rings is 1. The predicted molar refractivity (Wildman–Crippen MR) is 88.9 cm³/mol. The Morgan fingerprint density at radius 3 is 2.26 bits per heavy atom. The van der Waals surface area contributed by atoms with E-state index in [1.165, 1.54) is 6.92 Å². The molecule has 2 amide bonds. The lowest BCUT2D eigenvalue weighted by Crippen LogP contribution is -2.55. The quantitative estimate of drug-likeness (QED) is 0.823. The molecule has 2 fully saturated rings. The predicted octanol–water partition coefficient (Wildman–Crippen LogP) is 0.549. The van der Waals surface area contributed by atoms with E-state index in [-0.39, 0.29) is 29.4 Å². The van der Waals surface area contributed by atoms with Crippen molar-refractivity contribution in [1.29, 1.82) is 0 Å². The summed E-state index contributed by atoms with van der Waals surface area (Å²) in [6.07, 6.45) is 1.32. The molecule has 2 rings (SSSR count). The summed E-state index contributed by atoms with van der Waals surface area (Å²) in [6, 6.07) is -0.265. The smallest absolute Gasteiger partial charge is 0.245 e. The summed E-state index contributed by atoms with van der Waals surface area (Å²) in [6.45, 7) is 11.9. The summed E-state index contributed by atoms with van der Waals surface area (Å²) < 4.78 is 0. The number of aliphatic hydroxyl groups excluding tert-OH is 1. The molecule has 2 aliphatic heterocycles. The highest BCUT2D eigenvalue weighted by molar-refractivity contribution is 5.87. The van der Waals surface area contributed by atoms with E-state index in [0.717, 1.165) is 25.9 Å². The number of carbonyl (C=O) groups is 2. The van der Waals surface area contributed by atoms with Crippen molar-refractivity contribution in [2.45, 2.75) is 52.7 Å². The van der Waals surface area contributed by atoms with E-state index in [0.29, 0.717) is 26.2 Å². The molecule has 2 saturated heterocycles. The molecule has 0 unspecified atom stereocenters. The van der Waals surface area contributed by atoms with Crippen LogP contribution in [-0.2, 0) is 9.59 Å². The second-order valence-corrected chi connectivity index (χ2v) is 7.88. The Morgan fingerprint density at radius 1 is 1.13 bits per heavy atom. The molecule has 0 radical (unpaired) electrons. The van der Waals surface area contributed by atoms with Crippen molar-refractivity contribution in [2.75, 3.05) is 39.3 Å². The summed E-state index contributed by atoms with van der Waals surface area (Å²) in [5.41, 5.74) is -0.126. The van der Waals surface area contributed by atoms with Crippen molar-refractivity contribution >= 4 is 11.8 Å². The first-order chi connectivity index (χ1) is 10.7. The minimum Gasteiger partial charge on any atom is -0.391 e. The number of carbonyl (C=O) groups excluding carboxylic acids is 2. The van der Waals surface area contributed by atoms with Crippen LogP contribution in [-0.4, -0.2) is 83.0 Å². The molecule has 6 heteroatoms. The van der Waals surface area contributed by atoms with Gasteiger partial charge in [0.15, 0.2) is 0 Å². The fourth-order valence-corrected chi connectivity index (χ4v) is 3.28. The summed E-state index contributed by atoms with van der Waals surface area (Å²) in [5.74, 6) is 0.0847. The van der Waals surface area contributed by atoms with Crippen molar-refractivity contribution in [1.82, 2.24) is 14.7 Å². The molecule has 6 nitrogen and oxygen atoms in total. The number of likely N-dealkylation sites (tertiary alicyclic amines) is 1. The molecule has 132 valence electrons. The zero-order valence-corrected chi connectivity index (χ0v) is 14.9. The number of amides is 2. The molecule has 2 atom stereocenters. The van der Waals surface area contributed by atoms with E-state index in [2.05, 4.69) is 4.90 Å². The molecule has 0 spiro atoms. The van der Waals surface area contributed by atoms with Crippen LogP contribution in [0.3, 0.4) is 0 Å². The summed E-state index contributed by atoms with van der Waals surface area (Å²) in [5, 5.41) is 10.2. The van der Waals surface area contributed by atoms with Crippen LogP contribution in [0, 0.1) is 5.41 Å². The maximum atomic E-state index is 12.7. The average Bonchev–Trinajstić information content (AvgIpc) is 2.96. The van der Waals surface area contributed by atoms with Crippen LogP contribution in [0.4, 0.5) is 0 Å². The molecule has 0 aromatic rings. The van der Waals surface area contributed by atoms with E-state index in [1.54, 1.807) is 4.90 Å². The zero-order chi connectivity index (χ0) is 17.2. The number of hydrogen-bond donors (Lipinski definition) is 1. The molecule has 0 saturated carbocycles. The maximum Gasteiger partial charge on any atom is 0.245 e. The van der Waals surface area contributed by atoms with Crippen molar-refractivity contribution < 1.29 is 14.7 Å². The maximum absolute atomic E-state index is 12.7. The molecule has 2 aliphatic rings. The number of rotatable bonds is 3. The third kappa shape index (κ3) is 4.44. The highest BCUT2D eigenvalue weighted by Gasteiger charge is 2.36. The Kier molecular flexibility index (Phi) is 5.68. The lowest BCUT2D eigenvalue weighted by atomic mass is 9.89. The van der Waals surface area contributed by atoms with Gasteiger partial charge in [-0.2, -0.15) is 0 Å². The number of aliphatic hydroxyl groups is 1. The van der Waals surface area contributed by atoms with Gasteiger partial charge in [-0.3, -0.25) is 14.5 Å². The van der Waals surface area contributed by atoms with E-state index in [9.17, 15) is 14.7 Å². The number of hydrogen-bond acceptors (Lipinski definition) is 4. The van der Waals surface area contributed by atoms with Crippen LogP contribution < -0.4 is 0 Å². The first-order valence-corrected chi connectivity index (χ1v) is 8.66. The molecule has 0 aromatic carbocycles. The van der Waals surface area contributed by atoms with Crippen molar-refractivity contribution in [2.24, 2.45) is 5.41 Å². The molecule has 0 bridgehead atoms. The van der Waals surface area contributed by atoms with Crippen LogP contribution in [0.1, 0.15) is 40.5 Å². The summed E-state index contributed by atoms with van der Waals surface area (Å²) in [7, 11) is 0. The van der Waals surface area contributed by atoms with Gasteiger partial charge in [0.25, 0.3) is 0 Å². The fourth-order valence-electron chi connectivity index (χ4n) is 3.28. The Labute approximate surface area is 139 Å².